The second-order valence-electron chi connectivity index (χ2n) is 4.76. The minimum Gasteiger partial charge on any atom is -0.327 e. The van der Waals surface area contributed by atoms with Crippen molar-refractivity contribution in [2.24, 2.45) is 0 Å². The number of hydrogen-bond donors (Lipinski definition) is 1. The van der Waals surface area contributed by atoms with Gasteiger partial charge in [0.1, 0.15) is 11.2 Å². The Hall–Kier alpha value is -1.52. The molecular weight excluding hydrogens is 311 g/mol. The summed E-state index contributed by atoms with van der Waals surface area (Å²) in [6, 6.07) is 8.76. The maximum atomic E-state index is 12.2. The molecule has 112 valence electrons. The van der Waals surface area contributed by atoms with Crippen molar-refractivity contribution in [1.29, 1.82) is 0 Å². The van der Waals surface area contributed by atoms with Crippen LogP contribution in [-0.4, -0.2) is 29.4 Å². The van der Waals surface area contributed by atoms with Gasteiger partial charge in [0.25, 0.3) is 11.8 Å². The van der Waals surface area contributed by atoms with E-state index in [-0.39, 0.29) is 21.9 Å². The largest absolute Gasteiger partial charge is 0.327 e. The Balaban J connectivity index is 2.15. The summed E-state index contributed by atoms with van der Waals surface area (Å²) in [5.74, 6) is -0.632. The number of carbonyl (C=O) groups is 2. The molecule has 2 rings (SSSR count). The predicted octanol–water partition coefficient (Wildman–Crippen LogP) is 3.07. The molecule has 0 radical (unpaired) electrons. The Morgan fingerprint density at radius 2 is 1.95 bits per heavy atom. The number of unbranched alkanes of at least 4 members (excludes halogenated alkanes) is 1. The van der Waals surface area contributed by atoms with E-state index in [1.165, 1.54) is 4.90 Å². The van der Waals surface area contributed by atoms with Crippen LogP contribution in [0.4, 0.5) is 0 Å². The van der Waals surface area contributed by atoms with E-state index in [0.29, 0.717) is 12.1 Å². The summed E-state index contributed by atoms with van der Waals surface area (Å²) in [5.41, 5.74) is 0.507. The summed E-state index contributed by atoms with van der Waals surface area (Å²) in [7, 11) is 0. The maximum absolute atomic E-state index is 12.2. The van der Waals surface area contributed by atoms with Crippen LogP contribution in [-0.2, 0) is 4.79 Å². The number of rotatable bonds is 5. The molecule has 0 saturated carbocycles. The summed E-state index contributed by atoms with van der Waals surface area (Å²) in [6.07, 6.45) is 1.06. The molecule has 0 spiro atoms. The number of carbonyl (C=O) groups excluding carboxylic acids is 2. The molecule has 0 aliphatic carbocycles. The minimum absolute atomic E-state index is 0.0221. The molecule has 1 aliphatic heterocycles. The molecule has 1 atom stereocenters. The lowest BCUT2D eigenvalue weighted by Gasteiger charge is -2.26. The first-order chi connectivity index (χ1) is 10.1. The fourth-order valence-electron chi connectivity index (χ4n) is 2.10. The molecule has 0 saturated heterocycles. The third kappa shape index (κ3) is 3.39. The van der Waals surface area contributed by atoms with Gasteiger partial charge in [-0.05, 0) is 18.6 Å². The Morgan fingerprint density at radius 1 is 1.29 bits per heavy atom. The summed E-state index contributed by atoms with van der Waals surface area (Å²) in [6.45, 7) is 2.52. The predicted molar refractivity (Wildman–Crippen MR) is 83.0 cm³/mol. The van der Waals surface area contributed by atoms with Crippen LogP contribution in [0.2, 0.25) is 0 Å². The van der Waals surface area contributed by atoms with E-state index in [0.717, 1.165) is 12.8 Å². The number of nitrogens with one attached hydrogen (secondary N) is 1. The van der Waals surface area contributed by atoms with Gasteiger partial charge in [0.15, 0.2) is 0 Å². The van der Waals surface area contributed by atoms with Gasteiger partial charge in [-0.2, -0.15) is 0 Å². The summed E-state index contributed by atoms with van der Waals surface area (Å²) >= 11 is 12.0. The fraction of sp³-hybridized carbons (Fsp3) is 0.333. The molecule has 1 N–H and O–H groups in total. The smallest absolute Gasteiger partial charge is 0.268 e. The van der Waals surface area contributed by atoms with Gasteiger partial charge in [0, 0.05) is 12.1 Å². The van der Waals surface area contributed by atoms with Crippen LogP contribution >= 0.6 is 23.2 Å². The molecule has 1 aliphatic rings. The van der Waals surface area contributed by atoms with E-state index in [9.17, 15) is 9.59 Å². The van der Waals surface area contributed by atoms with Crippen LogP contribution in [0, 0.1) is 0 Å². The van der Waals surface area contributed by atoms with Crippen molar-refractivity contribution in [2.75, 3.05) is 6.54 Å². The van der Waals surface area contributed by atoms with Gasteiger partial charge in [0.2, 0.25) is 0 Å². The lowest BCUT2D eigenvalue weighted by atomic mass is 10.2. The molecule has 0 unspecified atom stereocenters. The van der Waals surface area contributed by atoms with E-state index < -0.39 is 6.17 Å². The topological polar surface area (TPSA) is 49.4 Å². The van der Waals surface area contributed by atoms with Gasteiger partial charge in [-0.3, -0.25) is 9.59 Å². The fourth-order valence-corrected chi connectivity index (χ4v) is 2.56. The first-order valence-electron chi connectivity index (χ1n) is 6.78. The van der Waals surface area contributed by atoms with E-state index >= 15 is 0 Å². The summed E-state index contributed by atoms with van der Waals surface area (Å²) in [5, 5.41) is 2.90. The van der Waals surface area contributed by atoms with Crippen LogP contribution in [0.25, 0.3) is 0 Å². The summed E-state index contributed by atoms with van der Waals surface area (Å²) < 4.78 is 0. The van der Waals surface area contributed by atoms with E-state index in [1.807, 2.05) is 13.0 Å². The zero-order valence-corrected chi connectivity index (χ0v) is 13.1. The lowest BCUT2D eigenvalue weighted by Crippen LogP contribution is -2.47. The number of hydrogen-bond acceptors (Lipinski definition) is 2. The monoisotopic (exact) mass is 326 g/mol. The van der Waals surface area contributed by atoms with Gasteiger partial charge in [0.05, 0.1) is 5.03 Å². The zero-order chi connectivity index (χ0) is 15.4. The van der Waals surface area contributed by atoms with Crippen LogP contribution in [0.5, 0.6) is 0 Å². The van der Waals surface area contributed by atoms with Crippen molar-refractivity contribution < 1.29 is 9.59 Å². The second kappa shape index (κ2) is 6.96. The van der Waals surface area contributed by atoms with Gasteiger partial charge < -0.3 is 10.2 Å². The van der Waals surface area contributed by atoms with E-state index in [1.54, 1.807) is 24.3 Å². The quantitative estimate of drug-likeness (QED) is 0.903. The Morgan fingerprint density at radius 3 is 2.57 bits per heavy atom. The third-order valence-corrected chi connectivity index (χ3v) is 4.12. The van der Waals surface area contributed by atoms with Crippen molar-refractivity contribution in [3.63, 3.8) is 0 Å². The normalized spacial score (nSPS) is 18.3. The molecule has 1 aromatic rings. The van der Waals surface area contributed by atoms with Crippen LogP contribution in [0.15, 0.2) is 40.4 Å². The van der Waals surface area contributed by atoms with Gasteiger partial charge in [-0.25, -0.2) is 0 Å². The summed E-state index contributed by atoms with van der Waals surface area (Å²) in [4.78, 5) is 25.8. The molecule has 0 aromatic heterocycles. The van der Waals surface area contributed by atoms with Crippen molar-refractivity contribution in [2.45, 2.75) is 25.9 Å². The Kier molecular flexibility index (Phi) is 5.26. The standard InChI is InChI=1S/C15H16Cl2N2O2/c1-2-3-9-19-13(11(16)12(17)15(19)21)18-14(20)10-7-5-4-6-8-10/h4-8,13H,2-3,9H2,1H3,(H,18,20)/t13-/m1/s1. The molecule has 6 heteroatoms. The van der Waals surface area contributed by atoms with Gasteiger partial charge >= 0.3 is 0 Å². The average Bonchev–Trinajstić information content (AvgIpc) is 2.71. The Bertz CT molecular complexity index is 572. The van der Waals surface area contributed by atoms with Crippen molar-refractivity contribution >= 4 is 35.0 Å². The lowest BCUT2D eigenvalue weighted by molar-refractivity contribution is -0.126. The zero-order valence-electron chi connectivity index (χ0n) is 11.6. The second-order valence-corrected chi connectivity index (χ2v) is 5.54. The van der Waals surface area contributed by atoms with Crippen molar-refractivity contribution in [3.05, 3.63) is 46.0 Å². The molecular formula is C15H16Cl2N2O2. The first kappa shape index (κ1) is 15.9. The van der Waals surface area contributed by atoms with Gasteiger partial charge in [-0.1, -0.05) is 54.7 Å². The molecule has 4 nitrogen and oxygen atoms in total. The third-order valence-electron chi connectivity index (χ3n) is 3.27. The number of amides is 2. The number of benzene rings is 1. The Labute approximate surface area is 133 Å². The minimum atomic E-state index is -0.689. The molecule has 0 fully saturated rings. The van der Waals surface area contributed by atoms with Gasteiger partial charge in [-0.15, -0.1) is 0 Å². The van der Waals surface area contributed by atoms with Crippen molar-refractivity contribution in [3.8, 4) is 0 Å². The average molecular weight is 327 g/mol. The molecule has 1 heterocycles. The highest BCUT2D eigenvalue weighted by molar-refractivity contribution is 6.49. The number of halogens is 2. The highest BCUT2D eigenvalue weighted by atomic mass is 35.5. The number of nitrogens with zero attached hydrogens (tertiary/aromatic N) is 1. The van der Waals surface area contributed by atoms with E-state index in [4.69, 9.17) is 23.2 Å². The molecule has 2 amide bonds. The van der Waals surface area contributed by atoms with Crippen molar-refractivity contribution in [1.82, 2.24) is 10.2 Å². The highest BCUT2D eigenvalue weighted by Crippen LogP contribution is 2.30. The molecule has 21 heavy (non-hydrogen) atoms. The van der Waals surface area contributed by atoms with Crippen LogP contribution in [0.3, 0.4) is 0 Å². The SMILES string of the molecule is CCCCN1C(=O)C(Cl)=C(Cl)[C@@H]1NC(=O)c1ccccc1. The van der Waals surface area contributed by atoms with Crippen LogP contribution < -0.4 is 5.32 Å². The first-order valence-corrected chi connectivity index (χ1v) is 7.54. The maximum Gasteiger partial charge on any atom is 0.268 e. The molecule has 0 bridgehead atoms. The van der Waals surface area contributed by atoms with E-state index in [2.05, 4.69) is 5.32 Å². The van der Waals surface area contributed by atoms with Crippen LogP contribution in [0.1, 0.15) is 30.1 Å². The molecule has 1 aromatic carbocycles. The highest BCUT2D eigenvalue weighted by Gasteiger charge is 2.38.